The molecule has 0 spiro atoms. The van der Waals surface area contributed by atoms with Crippen LogP contribution in [0.15, 0.2) is 85.5 Å². The van der Waals surface area contributed by atoms with Crippen LogP contribution in [0.3, 0.4) is 0 Å². The fraction of sp³-hybridized carbons (Fsp3) is 0.231. The minimum Gasteiger partial charge on any atom is -0.369 e. The molecule has 0 bridgehead atoms. The molecule has 0 aromatic heterocycles. The molecule has 0 radical (unpaired) electrons. The quantitative estimate of drug-likeness (QED) is 0.493. The first-order chi connectivity index (χ1) is 14.7. The lowest BCUT2D eigenvalue weighted by molar-refractivity contribution is 0.212. The van der Waals surface area contributed by atoms with Gasteiger partial charge in [0.15, 0.2) is 0 Å². The van der Waals surface area contributed by atoms with E-state index in [1.54, 1.807) is 0 Å². The maximum atomic E-state index is 13.5. The summed E-state index contributed by atoms with van der Waals surface area (Å²) >= 11 is 0. The Kier molecular flexibility index (Phi) is 6.24. The first kappa shape index (κ1) is 20.3. The van der Waals surface area contributed by atoms with Gasteiger partial charge in [-0.3, -0.25) is 4.90 Å². The van der Waals surface area contributed by atoms with Gasteiger partial charge in [-0.25, -0.2) is 8.78 Å². The largest absolute Gasteiger partial charge is 0.369 e. The van der Waals surface area contributed by atoms with E-state index in [-0.39, 0.29) is 17.7 Å². The number of benzene rings is 3. The second-order valence-electron chi connectivity index (χ2n) is 7.65. The second kappa shape index (κ2) is 9.23. The Bertz CT molecular complexity index is 929. The van der Waals surface area contributed by atoms with E-state index >= 15 is 0 Å². The molecule has 0 amide bonds. The summed E-state index contributed by atoms with van der Waals surface area (Å²) in [6.45, 7) is 7.39. The van der Waals surface area contributed by atoms with E-state index in [2.05, 4.69) is 40.6 Å². The molecule has 1 fully saturated rings. The highest BCUT2D eigenvalue weighted by Crippen LogP contribution is 2.31. The molecular formula is C26H26F2N2. The molecule has 154 valence electrons. The number of anilines is 1. The van der Waals surface area contributed by atoms with E-state index in [1.807, 2.05) is 30.3 Å². The first-order valence-corrected chi connectivity index (χ1v) is 10.3. The van der Waals surface area contributed by atoms with Crippen LogP contribution in [-0.2, 0) is 6.42 Å². The zero-order chi connectivity index (χ0) is 20.9. The molecule has 0 saturated carbocycles. The predicted molar refractivity (Wildman–Crippen MR) is 119 cm³/mol. The van der Waals surface area contributed by atoms with Crippen molar-refractivity contribution in [2.24, 2.45) is 0 Å². The first-order valence-electron chi connectivity index (χ1n) is 10.3. The summed E-state index contributed by atoms with van der Waals surface area (Å²) in [6.07, 6.45) is 2.79. The Balaban J connectivity index is 1.57. The smallest absolute Gasteiger partial charge is 0.123 e. The zero-order valence-corrected chi connectivity index (χ0v) is 17.0. The fourth-order valence-corrected chi connectivity index (χ4v) is 4.27. The molecule has 1 aliphatic heterocycles. The van der Waals surface area contributed by atoms with Crippen molar-refractivity contribution in [2.45, 2.75) is 12.5 Å². The molecule has 0 atom stereocenters. The Morgan fingerprint density at radius 1 is 0.767 bits per heavy atom. The van der Waals surface area contributed by atoms with Gasteiger partial charge in [-0.2, -0.15) is 0 Å². The molecule has 1 saturated heterocycles. The van der Waals surface area contributed by atoms with Crippen LogP contribution in [0.4, 0.5) is 14.5 Å². The lowest BCUT2D eigenvalue weighted by Gasteiger charge is -2.41. The molecule has 0 unspecified atom stereocenters. The van der Waals surface area contributed by atoms with Crippen molar-refractivity contribution in [2.75, 3.05) is 31.1 Å². The van der Waals surface area contributed by atoms with Crippen LogP contribution in [0.1, 0.15) is 22.7 Å². The maximum absolute atomic E-state index is 13.5. The molecule has 2 nitrogen and oxygen atoms in total. The average Bonchev–Trinajstić information content (AvgIpc) is 2.78. The average molecular weight is 405 g/mol. The van der Waals surface area contributed by atoms with Crippen molar-refractivity contribution in [3.8, 4) is 0 Å². The molecule has 3 aromatic carbocycles. The lowest BCUT2D eigenvalue weighted by atomic mass is 9.96. The summed E-state index contributed by atoms with van der Waals surface area (Å²) in [5.74, 6) is -0.500. The van der Waals surface area contributed by atoms with E-state index in [4.69, 9.17) is 0 Å². The minimum absolute atomic E-state index is 0.0308. The van der Waals surface area contributed by atoms with Crippen molar-refractivity contribution in [1.82, 2.24) is 4.90 Å². The van der Waals surface area contributed by atoms with Gasteiger partial charge in [0, 0.05) is 31.9 Å². The normalized spacial score (nSPS) is 14.8. The summed E-state index contributed by atoms with van der Waals surface area (Å²) in [7, 11) is 0. The highest BCUT2D eigenvalue weighted by atomic mass is 19.1. The molecule has 3 aromatic rings. The molecule has 4 rings (SSSR count). The number of allylic oxidation sites excluding steroid dienone is 1. The minimum atomic E-state index is -0.250. The van der Waals surface area contributed by atoms with Crippen molar-refractivity contribution in [1.29, 1.82) is 0 Å². The van der Waals surface area contributed by atoms with Gasteiger partial charge in [0.2, 0.25) is 0 Å². The van der Waals surface area contributed by atoms with Gasteiger partial charge in [0.25, 0.3) is 0 Å². The molecule has 0 N–H and O–H groups in total. The van der Waals surface area contributed by atoms with Crippen LogP contribution >= 0.6 is 0 Å². The van der Waals surface area contributed by atoms with Crippen molar-refractivity contribution in [3.05, 3.63) is 114 Å². The van der Waals surface area contributed by atoms with Gasteiger partial charge in [-0.05, 0) is 53.4 Å². The third-order valence-corrected chi connectivity index (χ3v) is 5.75. The predicted octanol–water partition coefficient (Wildman–Crippen LogP) is 5.60. The number of hydrogen-bond acceptors (Lipinski definition) is 2. The number of para-hydroxylation sites is 1. The molecule has 4 heteroatoms. The summed E-state index contributed by atoms with van der Waals surface area (Å²) in [6, 6.07) is 21.7. The third kappa shape index (κ3) is 4.44. The van der Waals surface area contributed by atoms with Gasteiger partial charge in [0.05, 0.1) is 6.04 Å². The molecule has 1 heterocycles. The summed E-state index contributed by atoms with van der Waals surface area (Å²) in [5.41, 5.74) is 4.58. The van der Waals surface area contributed by atoms with Gasteiger partial charge >= 0.3 is 0 Å². The fourth-order valence-electron chi connectivity index (χ4n) is 4.27. The highest BCUT2D eigenvalue weighted by Gasteiger charge is 2.27. The SMILES string of the molecule is C=CCc1ccccc1N1CCN(C(c2ccc(F)cc2)c2ccc(F)cc2)CC1. The van der Waals surface area contributed by atoms with E-state index in [1.165, 1.54) is 35.5 Å². The van der Waals surface area contributed by atoms with Gasteiger partial charge < -0.3 is 4.90 Å². The Morgan fingerprint density at radius 3 is 1.83 bits per heavy atom. The van der Waals surface area contributed by atoms with Gasteiger partial charge in [0.1, 0.15) is 11.6 Å². The van der Waals surface area contributed by atoms with Gasteiger partial charge in [-0.15, -0.1) is 6.58 Å². The van der Waals surface area contributed by atoms with Crippen molar-refractivity contribution < 1.29 is 8.78 Å². The van der Waals surface area contributed by atoms with Crippen molar-refractivity contribution in [3.63, 3.8) is 0 Å². The zero-order valence-electron chi connectivity index (χ0n) is 17.0. The second-order valence-corrected chi connectivity index (χ2v) is 7.65. The van der Waals surface area contributed by atoms with E-state index in [9.17, 15) is 8.78 Å². The van der Waals surface area contributed by atoms with Crippen molar-refractivity contribution >= 4 is 5.69 Å². The highest BCUT2D eigenvalue weighted by molar-refractivity contribution is 5.54. The number of piperazine rings is 1. The van der Waals surface area contributed by atoms with Crippen LogP contribution in [0.25, 0.3) is 0 Å². The number of hydrogen-bond donors (Lipinski definition) is 0. The monoisotopic (exact) mass is 404 g/mol. The van der Waals surface area contributed by atoms with E-state index in [0.717, 1.165) is 43.7 Å². The maximum Gasteiger partial charge on any atom is 0.123 e. The topological polar surface area (TPSA) is 6.48 Å². The van der Waals surface area contributed by atoms with Crippen LogP contribution in [-0.4, -0.2) is 31.1 Å². The number of rotatable bonds is 6. The summed E-state index contributed by atoms with van der Waals surface area (Å²) in [5, 5.41) is 0. The standard InChI is InChI=1S/C26H26F2N2/c1-2-5-20-6-3-4-7-25(20)29-16-18-30(19-17-29)26(21-8-12-23(27)13-9-21)22-10-14-24(28)15-11-22/h2-4,6-15,26H,1,5,16-19H2. The Morgan fingerprint density at radius 2 is 1.30 bits per heavy atom. The van der Waals surface area contributed by atoms with Crippen LogP contribution < -0.4 is 4.90 Å². The molecular weight excluding hydrogens is 378 g/mol. The Hall–Kier alpha value is -2.98. The van der Waals surface area contributed by atoms with Crippen LogP contribution in [0.2, 0.25) is 0 Å². The lowest BCUT2D eigenvalue weighted by Crippen LogP contribution is -2.48. The third-order valence-electron chi connectivity index (χ3n) is 5.75. The van der Waals surface area contributed by atoms with Crippen LogP contribution in [0.5, 0.6) is 0 Å². The molecule has 1 aliphatic rings. The number of nitrogens with zero attached hydrogens (tertiary/aromatic N) is 2. The molecule has 0 aliphatic carbocycles. The summed E-state index contributed by atoms with van der Waals surface area (Å²) < 4.78 is 27.0. The Labute approximate surface area is 177 Å². The van der Waals surface area contributed by atoms with Gasteiger partial charge in [-0.1, -0.05) is 48.5 Å². The van der Waals surface area contributed by atoms with E-state index in [0.29, 0.717) is 0 Å². The van der Waals surface area contributed by atoms with Crippen LogP contribution in [0, 0.1) is 11.6 Å². The molecule has 30 heavy (non-hydrogen) atoms. The summed E-state index contributed by atoms with van der Waals surface area (Å²) in [4.78, 5) is 4.81. The number of halogens is 2. The van der Waals surface area contributed by atoms with E-state index < -0.39 is 0 Å².